The third-order valence-corrected chi connectivity index (χ3v) is 5.42. The van der Waals surface area contributed by atoms with Crippen LogP contribution >= 0.6 is 11.8 Å². The minimum atomic E-state index is -0.228. The minimum absolute atomic E-state index is 0.228. The smallest absolute Gasteiger partial charge is 0.319 e. The number of hydrogen-bond acceptors (Lipinski definition) is 4. The summed E-state index contributed by atoms with van der Waals surface area (Å²) in [5.41, 5.74) is 1.85. The van der Waals surface area contributed by atoms with Crippen LogP contribution in [0.5, 0.6) is 11.5 Å². The van der Waals surface area contributed by atoms with Gasteiger partial charge in [0.05, 0.1) is 19.4 Å². The van der Waals surface area contributed by atoms with E-state index in [-0.39, 0.29) is 6.03 Å². The van der Waals surface area contributed by atoms with E-state index in [1.807, 2.05) is 79.7 Å². The Hall–Kier alpha value is -3.12. The first kappa shape index (κ1) is 21.6. The normalized spacial score (nSPS) is 10.3. The fraction of sp³-hybridized carbons (Fsp3) is 0.208. The van der Waals surface area contributed by atoms with Crippen molar-refractivity contribution in [3.05, 3.63) is 78.4 Å². The maximum Gasteiger partial charge on any atom is 0.319 e. The molecule has 0 fully saturated rings. The van der Waals surface area contributed by atoms with Gasteiger partial charge in [-0.05, 0) is 55.3 Å². The van der Waals surface area contributed by atoms with Gasteiger partial charge in [0, 0.05) is 16.3 Å². The maximum absolute atomic E-state index is 12.4. The number of ether oxygens (including phenoxy) is 2. The molecule has 0 spiro atoms. The van der Waals surface area contributed by atoms with Crippen LogP contribution in [0.15, 0.2) is 82.6 Å². The zero-order valence-electron chi connectivity index (χ0n) is 17.2. The number of anilines is 1. The average Bonchev–Trinajstić information content (AvgIpc) is 2.77. The van der Waals surface area contributed by atoms with Gasteiger partial charge in [-0.25, -0.2) is 4.79 Å². The van der Waals surface area contributed by atoms with Crippen LogP contribution in [0.2, 0.25) is 0 Å². The Labute approximate surface area is 181 Å². The largest absolute Gasteiger partial charge is 0.493 e. The molecular formula is C24H26N2O3S. The SMILES string of the molecule is CCOc1ccc(CCNC(=O)Nc2ccccc2Sc2ccccc2)cc1OC. The van der Waals surface area contributed by atoms with E-state index in [1.54, 1.807) is 18.9 Å². The minimum Gasteiger partial charge on any atom is -0.493 e. The second-order valence-corrected chi connectivity index (χ2v) is 7.58. The number of carbonyl (C=O) groups excluding carboxylic acids is 1. The van der Waals surface area contributed by atoms with E-state index in [0.29, 0.717) is 25.3 Å². The molecule has 6 heteroatoms. The van der Waals surface area contributed by atoms with Crippen LogP contribution in [0.3, 0.4) is 0 Å². The molecule has 0 unspecified atom stereocenters. The van der Waals surface area contributed by atoms with Gasteiger partial charge in [-0.3, -0.25) is 0 Å². The molecule has 0 bridgehead atoms. The van der Waals surface area contributed by atoms with Crippen molar-refractivity contribution in [3.63, 3.8) is 0 Å². The number of nitrogens with one attached hydrogen (secondary N) is 2. The number of benzene rings is 3. The Kier molecular flexibility index (Phi) is 8.03. The summed E-state index contributed by atoms with van der Waals surface area (Å²) in [6.07, 6.45) is 0.691. The van der Waals surface area contributed by atoms with Crippen molar-refractivity contribution < 1.29 is 14.3 Å². The van der Waals surface area contributed by atoms with Gasteiger partial charge in [0.1, 0.15) is 0 Å². The molecule has 2 amide bonds. The first-order valence-corrected chi connectivity index (χ1v) is 10.7. The molecule has 0 saturated carbocycles. The molecule has 0 aromatic heterocycles. The van der Waals surface area contributed by atoms with Gasteiger partial charge in [-0.2, -0.15) is 0 Å². The zero-order valence-corrected chi connectivity index (χ0v) is 18.0. The van der Waals surface area contributed by atoms with Gasteiger partial charge in [0.15, 0.2) is 11.5 Å². The highest BCUT2D eigenvalue weighted by Crippen LogP contribution is 2.33. The Balaban J connectivity index is 1.54. The lowest BCUT2D eigenvalue weighted by Gasteiger charge is -2.13. The van der Waals surface area contributed by atoms with Crippen LogP contribution in [-0.4, -0.2) is 26.3 Å². The van der Waals surface area contributed by atoms with Crippen molar-refractivity contribution >= 4 is 23.5 Å². The van der Waals surface area contributed by atoms with E-state index in [9.17, 15) is 4.79 Å². The predicted octanol–water partition coefficient (Wildman–Crippen LogP) is 5.61. The molecule has 3 aromatic rings. The molecule has 156 valence electrons. The molecule has 0 aliphatic heterocycles. The van der Waals surface area contributed by atoms with Gasteiger partial charge >= 0.3 is 6.03 Å². The molecule has 30 heavy (non-hydrogen) atoms. The number of urea groups is 1. The molecule has 0 radical (unpaired) electrons. The number of para-hydroxylation sites is 1. The van der Waals surface area contributed by atoms with Crippen molar-refractivity contribution in [2.45, 2.75) is 23.1 Å². The predicted molar refractivity (Wildman–Crippen MR) is 122 cm³/mol. The summed E-state index contributed by atoms with van der Waals surface area (Å²) in [7, 11) is 1.62. The van der Waals surface area contributed by atoms with Crippen LogP contribution < -0.4 is 20.1 Å². The van der Waals surface area contributed by atoms with E-state index < -0.39 is 0 Å². The summed E-state index contributed by atoms with van der Waals surface area (Å²) >= 11 is 1.62. The van der Waals surface area contributed by atoms with E-state index in [4.69, 9.17) is 9.47 Å². The lowest BCUT2D eigenvalue weighted by atomic mass is 10.1. The number of methoxy groups -OCH3 is 1. The Morgan fingerprint density at radius 2 is 1.73 bits per heavy atom. The second-order valence-electron chi connectivity index (χ2n) is 6.46. The fourth-order valence-electron chi connectivity index (χ4n) is 2.90. The third-order valence-electron chi connectivity index (χ3n) is 4.33. The first-order valence-electron chi connectivity index (χ1n) is 9.86. The molecule has 5 nitrogen and oxygen atoms in total. The number of amides is 2. The third kappa shape index (κ3) is 6.19. The topological polar surface area (TPSA) is 59.6 Å². The van der Waals surface area contributed by atoms with Crippen LogP contribution in [0.25, 0.3) is 0 Å². The van der Waals surface area contributed by atoms with Crippen LogP contribution in [-0.2, 0) is 6.42 Å². The second kappa shape index (κ2) is 11.2. The molecule has 3 aromatic carbocycles. The molecule has 0 aliphatic rings. The Morgan fingerprint density at radius 1 is 0.967 bits per heavy atom. The number of hydrogen-bond donors (Lipinski definition) is 2. The van der Waals surface area contributed by atoms with Crippen molar-refractivity contribution in [3.8, 4) is 11.5 Å². The molecule has 0 saturated heterocycles. The quantitative estimate of drug-likeness (QED) is 0.471. The molecule has 0 aliphatic carbocycles. The summed E-state index contributed by atoms with van der Waals surface area (Å²) in [6, 6.07) is 23.5. The monoisotopic (exact) mass is 422 g/mol. The van der Waals surface area contributed by atoms with Gasteiger partial charge in [-0.15, -0.1) is 0 Å². The molecular weight excluding hydrogens is 396 g/mol. The van der Waals surface area contributed by atoms with E-state index in [0.717, 1.165) is 26.8 Å². The maximum atomic E-state index is 12.4. The summed E-state index contributed by atoms with van der Waals surface area (Å²) < 4.78 is 10.9. The van der Waals surface area contributed by atoms with Crippen LogP contribution in [0.4, 0.5) is 10.5 Å². The van der Waals surface area contributed by atoms with Crippen molar-refractivity contribution in [1.82, 2.24) is 5.32 Å². The molecule has 2 N–H and O–H groups in total. The fourth-order valence-corrected chi connectivity index (χ4v) is 3.83. The lowest BCUT2D eigenvalue weighted by Crippen LogP contribution is -2.30. The highest BCUT2D eigenvalue weighted by atomic mass is 32.2. The van der Waals surface area contributed by atoms with E-state index in [1.165, 1.54) is 0 Å². The zero-order chi connectivity index (χ0) is 21.2. The number of carbonyl (C=O) groups is 1. The summed E-state index contributed by atoms with van der Waals surface area (Å²) in [4.78, 5) is 14.5. The Morgan fingerprint density at radius 3 is 2.50 bits per heavy atom. The van der Waals surface area contributed by atoms with Crippen LogP contribution in [0, 0.1) is 0 Å². The highest BCUT2D eigenvalue weighted by molar-refractivity contribution is 7.99. The van der Waals surface area contributed by atoms with Crippen molar-refractivity contribution in [2.75, 3.05) is 25.6 Å². The van der Waals surface area contributed by atoms with Gasteiger partial charge in [-0.1, -0.05) is 48.2 Å². The summed E-state index contributed by atoms with van der Waals surface area (Å²) in [5.74, 6) is 1.42. The molecule has 3 rings (SSSR count). The van der Waals surface area contributed by atoms with Crippen LogP contribution in [0.1, 0.15) is 12.5 Å². The van der Waals surface area contributed by atoms with E-state index >= 15 is 0 Å². The summed E-state index contributed by atoms with van der Waals surface area (Å²) in [5, 5.41) is 5.87. The first-order chi connectivity index (χ1) is 14.7. The highest BCUT2D eigenvalue weighted by Gasteiger charge is 2.09. The standard InChI is InChI=1S/C24H26N2O3S/c1-3-29-21-14-13-18(17-22(21)28-2)15-16-25-24(27)26-20-11-7-8-12-23(20)30-19-9-5-4-6-10-19/h4-14,17H,3,15-16H2,1-2H3,(H2,25,26,27). The molecule has 0 atom stereocenters. The average molecular weight is 423 g/mol. The number of rotatable bonds is 9. The van der Waals surface area contributed by atoms with E-state index in [2.05, 4.69) is 10.6 Å². The van der Waals surface area contributed by atoms with Crippen molar-refractivity contribution in [1.29, 1.82) is 0 Å². The van der Waals surface area contributed by atoms with Gasteiger partial charge in [0.2, 0.25) is 0 Å². The van der Waals surface area contributed by atoms with Gasteiger partial charge in [0.25, 0.3) is 0 Å². The van der Waals surface area contributed by atoms with Crippen molar-refractivity contribution in [2.24, 2.45) is 0 Å². The summed E-state index contributed by atoms with van der Waals surface area (Å²) in [6.45, 7) is 3.03. The Bertz CT molecular complexity index is 964. The molecule has 0 heterocycles. The lowest BCUT2D eigenvalue weighted by molar-refractivity contribution is 0.252. The van der Waals surface area contributed by atoms with Gasteiger partial charge < -0.3 is 20.1 Å².